The average molecular weight is 438 g/mol. The molecule has 7 nitrogen and oxygen atoms in total. The first-order valence-corrected chi connectivity index (χ1v) is 11.4. The minimum Gasteiger partial charge on any atom is -0.494 e. The number of aromatic nitrogens is 3. The lowest BCUT2D eigenvalue weighted by Crippen LogP contribution is -2.16. The predicted molar refractivity (Wildman–Crippen MR) is 125 cm³/mol. The van der Waals surface area contributed by atoms with Gasteiger partial charge in [-0.2, -0.15) is 0 Å². The van der Waals surface area contributed by atoms with E-state index in [4.69, 9.17) is 4.74 Å². The van der Waals surface area contributed by atoms with Crippen molar-refractivity contribution < 1.29 is 9.53 Å². The summed E-state index contributed by atoms with van der Waals surface area (Å²) >= 11 is 1.41. The number of thioether (sulfide) groups is 1. The van der Waals surface area contributed by atoms with E-state index in [1.165, 1.54) is 17.3 Å². The average Bonchev–Trinajstić information content (AvgIpc) is 3.32. The summed E-state index contributed by atoms with van der Waals surface area (Å²) in [5, 5.41) is 12.5. The van der Waals surface area contributed by atoms with Gasteiger partial charge >= 0.3 is 0 Å². The molecule has 1 amide bonds. The van der Waals surface area contributed by atoms with E-state index in [0.29, 0.717) is 6.61 Å². The largest absolute Gasteiger partial charge is 0.494 e. The lowest BCUT2D eigenvalue weighted by atomic mass is 10.1. The van der Waals surface area contributed by atoms with Crippen LogP contribution >= 0.6 is 11.8 Å². The molecule has 0 radical (unpaired) electrons. The van der Waals surface area contributed by atoms with Crippen molar-refractivity contribution in [2.45, 2.75) is 39.4 Å². The number of nitrogens with zero attached hydrogens (tertiary/aromatic N) is 4. The van der Waals surface area contributed by atoms with Gasteiger partial charge in [-0.1, -0.05) is 29.5 Å². The number of carbonyl (C=O) groups is 1. The molecule has 2 heterocycles. The van der Waals surface area contributed by atoms with Crippen molar-refractivity contribution in [1.82, 2.24) is 14.8 Å². The molecule has 1 aliphatic rings. The highest BCUT2D eigenvalue weighted by atomic mass is 32.2. The molecule has 1 aromatic heterocycles. The van der Waals surface area contributed by atoms with Gasteiger partial charge in [0.15, 0.2) is 5.16 Å². The molecule has 1 aliphatic heterocycles. The maximum Gasteiger partial charge on any atom is 0.234 e. The summed E-state index contributed by atoms with van der Waals surface area (Å²) in [5.41, 5.74) is 5.28. The number of amides is 1. The molecule has 0 saturated heterocycles. The second kappa shape index (κ2) is 9.01. The summed E-state index contributed by atoms with van der Waals surface area (Å²) in [6.07, 6.45) is 0. The van der Waals surface area contributed by atoms with E-state index in [2.05, 4.69) is 44.0 Å². The molecule has 162 valence electrons. The van der Waals surface area contributed by atoms with Gasteiger partial charge in [0.25, 0.3) is 0 Å². The third kappa shape index (κ3) is 4.54. The topological polar surface area (TPSA) is 72.3 Å². The molecule has 3 aromatic rings. The van der Waals surface area contributed by atoms with E-state index in [0.717, 1.165) is 52.4 Å². The molecule has 1 N–H and O–H groups in total. The van der Waals surface area contributed by atoms with Crippen molar-refractivity contribution in [2.75, 3.05) is 29.1 Å². The zero-order valence-corrected chi connectivity index (χ0v) is 19.1. The van der Waals surface area contributed by atoms with Gasteiger partial charge in [0.05, 0.1) is 12.4 Å². The van der Waals surface area contributed by atoms with Crippen LogP contribution in [0.1, 0.15) is 23.6 Å². The number of aryl methyl sites for hydroxylation is 3. The van der Waals surface area contributed by atoms with Crippen LogP contribution in [0.4, 0.5) is 17.3 Å². The maximum absolute atomic E-state index is 12.6. The Bertz CT molecular complexity index is 1070. The summed E-state index contributed by atoms with van der Waals surface area (Å²) in [4.78, 5) is 14.7. The second-order valence-electron chi connectivity index (χ2n) is 7.62. The van der Waals surface area contributed by atoms with E-state index >= 15 is 0 Å². The lowest BCUT2D eigenvalue weighted by Gasteiger charge is -2.15. The van der Waals surface area contributed by atoms with Crippen LogP contribution in [-0.2, 0) is 11.3 Å². The third-order valence-electron chi connectivity index (χ3n) is 5.22. The molecule has 0 saturated carbocycles. The van der Waals surface area contributed by atoms with E-state index in [9.17, 15) is 4.79 Å². The zero-order chi connectivity index (χ0) is 22.0. The van der Waals surface area contributed by atoms with Crippen molar-refractivity contribution in [3.8, 4) is 5.75 Å². The molecular weight excluding hydrogens is 410 g/mol. The Kier molecular flexibility index (Phi) is 6.18. The molecule has 8 heteroatoms. The van der Waals surface area contributed by atoms with Gasteiger partial charge < -0.3 is 15.0 Å². The smallest absolute Gasteiger partial charge is 0.234 e. The Balaban J connectivity index is 1.40. The van der Waals surface area contributed by atoms with Crippen LogP contribution in [0, 0.1) is 20.8 Å². The summed E-state index contributed by atoms with van der Waals surface area (Å²) in [5.74, 6) is 1.90. The Labute approximate surface area is 186 Å². The molecule has 0 bridgehead atoms. The third-order valence-corrected chi connectivity index (χ3v) is 6.19. The van der Waals surface area contributed by atoms with Gasteiger partial charge in [0.1, 0.15) is 5.75 Å². The van der Waals surface area contributed by atoms with Crippen molar-refractivity contribution in [3.05, 3.63) is 53.1 Å². The van der Waals surface area contributed by atoms with Crippen molar-refractivity contribution >= 4 is 35.0 Å². The maximum atomic E-state index is 12.6. The number of fused-ring (bicyclic) bond motifs is 1. The van der Waals surface area contributed by atoms with Gasteiger partial charge in [-0.25, -0.2) is 0 Å². The Morgan fingerprint density at radius 1 is 1.10 bits per heavy atom. The number of hydrogen-bond acceptors (Lipinski definition) is 6. The number of rotatable bonds is 7. The number of anilines is 3. The molecule has 2 aromatic carbocycles. The molecular formula is C23H27N5O2S. The number of benzene rings is 2. The summed E-state index contributed by atoms with van der Waals surface area (Å²) < 4.78 is 7.59. The molecule has 31 heavy (non-hydrogen) atoms. The molecule has 0 spiro atoms. The van der Waals surface area contributed by atoms with Gasteiger partial charge in [0, 0.05) is 24.5 Å². The fourth-order valence-corrected chi connectivity index (χ4v) is 4.66. The minimum atomic E-state index is -0.0428. The van der Waals surface area contributed by atoms with E-state index in [-0.39, 0.29) is 11.7 Å². The highest BCUT2D eigenvalue weighted by Gasteiger charge is 2.26. The van der Waals surface area contributed by atoms with E-state index in [1.807, 2.05) is 45.0 Å². The van der Waals surface area contributed by atoms with Crippen LogP contribution in [0.15, 0.2) is 41.6 Å². The molecule has 0 fully saturated rings. The van der Waals surface area contributed by atoms with Gasteiger partial charge in [0.2, 0.25) is 11.9 Å². The second-order valence-corrected chi connectivity index (χ2v) is 8.57. The first-order valence-electron chi connectivity index (χ1n) is 10.4. The number of nitrogens with one attached hydrogen (secondary N) is 1. The molecule has 0 atom stereocenters. The van der Waals surface area contributed by atoms with E-state index < -0.39 is 0 Å². The standard InChI is InChI=1S/C23H27N5O2S/c1-5-30-19-8-6-18(7-9-19)27-10-11-28-22(27)25-26-23(28)31-14-20(29)24-21-16(3)12-15(2)13-17(21)4/h6-9,12-13H,5,10-11,14H2,1-4H3,(H,24,29). The molecule has 0 unspecified atom stereocenters. The zero-order valence-electron chi connectivity index (χ0n) is 18.3. The quantitative estimate of drug-likeness (QED) is 0.549. The molecule has 4 rings (SSSR count). The minimum absolute atomic E-state index is 0.0428. The van der Waals surface area contributed by atoms with Gasteiger partial charge in [-0.05, 0) is 63.1 Å². The fraction of sp³-hybridized carbons (Fsp3) is 0.348. The summed E-state index contributed by atoms with van der Waals surface area (Å²) in [6.45, 7) is 10.3. The first-order chi connectivity index (χ1) is 15.0. The highest BCUT2D eigenvalue weighted by molar-refractivity contribution is 7.99. The van der Waals surface area contributed by atoms with Crippen LogP contribution in [-0.4, -0.2) is 39.6 Å². The summed E-state index contributed by atoms with van der Waals surface area (Å²) in [7, 11) is 0. The van der Waals surface area contributed by atoms with Gasteiger partial charge in [-0.3, -0.25) is 9.36 Å². The Morgan fingerprint density at radius 3 is 2.48 bits per heavy atom. The number of carbonyl (C=O) groups excluding carboxylic acids is 1. The number of hydrogen-bond donors (Lipinski definition) is 1. The fourth-order valence-electron chi connectivity index (χ4n) is 3.90. The highest BCUT2D eigenvalue weighted by Crippen LogP contribution is 2.33. The van der Waals surface area contributed by atoms with Gasteiger partial charge in [-0.15, -0.1) is 10.2 Å². The Hall–Kier alpha value is -3.00. The van der Waals surface area contributed by atoms with Crippen LogP contribution in [0.5, 0.6) is 5.75 Å². The number of ether oxygens (including phenoxy) is 1. The van der Waals surface area contributed by atoms with E-state index in [1.54, 1.807) is 0 Å². The van der Waals surface area contributed by atoms with Crippen LogP contribution in [0.3, 0.4) is 0 Å². The lowest BCUT2D eigenvalue weighted by molar-refractivity contribution is -0.113. The van der Waals surface area contributed by atoms with Crippen LogP contribution in [0.2, 0.25) is 0 Å². The molecule has 0 aliphatic carbocycles. The Morgan fingerprint density at radius 2 is 1.81 bits per heavy atom. The van der Waals surface area contributed by atoms with Crippen LogP contribution < -0.4 is 15.0 Å². The predicted octanol–water partition coefficient (Wildman–Crippen LogP) is 4.48. The van der Waals surface area contributed by atoms with Crippen molar-refractivity contribution in [2.24, 2.45) is 0 Å². The SMILES string of the molecule is CCOc1ccc(N2CCn3c(SCC(=O)Nc4c(C)cc(C)cc4C)nnc32)cc1. The monoisotopic (exact) mass is 437 g/mol. The normalized spacial score (nSPS) is 12.7. The first kappa shape index (κ1) is 21.2. The van der Waals surface area contributed by atoms with Crippen molar-refractivity contribution in [1.29, 1.82) is 0 Å². The summed E-state index contributed by atoms with van der Waals surface area (Å²) in [6, 6.07) is 12.1. The van der Waals surface area contributed by atoms with Crippen LogP contribution in [0.25, 0.3) is 0 Å². The van der Waals surface area contributed by atoms with Crippen molar-refractivity contribution in [3.63, 3.8) is 0 Å².